The highest BCUT2D eigenvalue weighted by atomic mass is 16.5. The zero-order valence-electron chi connectivity index (χ0n) is 16.0. The highest BCUT2D eigenvalue weighted by molar-refractivity contribution is 5.99. The molecule has 2 rings (SSSR count). The molecule has 0 aliphatic rings. The van der Waals surface area contributed by atoms with Gasteiger partial charge in [0.1, 0.15) is 11.5 Å². The molecule has 2 aromatic carbocycles. The second kappa shape index (κ2) is 8.52. The van der Waals surface area contributed by atoms with E-state index in [4.69, 9.17) is 9.47 Å². The van der Waals surface area contributed by atoms with E-state index in [-0.39, 0.29) is 17.9 Å². The van der Waals surface area contributed by atoms with E-state index in [1.165, 1.54) is 5.56 Å². The molecule has 0 fully saturated rings. The number of amides is 1. The van der Waals surface area contributed by atoms with Crippen LogP contribution in [-0.2, 0) is 10.2 Å². The highest BCUT2D eigenvalue weighted by Crippen LogP contribution is 2.24. The standard InChI is InChI=1S/C21H26N2O3/c1-15(16-6-10-18(25-5)11-7-16)22-23-20(24)14-26-19-12-8-17(9-13-19)21(2,3)4/h6-13H,14H2,1-5H3,(H,23,24)/b22-15+. The van der Waals surface area contributed by atoms with Gasteiger partial charge < -0.3 is 9.47 Å². The van der Waals surface area contributed by atoms with E-state index in [2.05, 4.69) is 31.3 Å². The van der Waals surface area contributed by atoms with Crippen LogP contribution in [-0.4, -0.2) is 25.3 Å². The van der Waals surface area contributed by atoms with Crippen molar-refractivity contribution in [2.24, 2.45) is 5.10 Å². The third-order valence-electron chi connectivity index (χ3n) is 3.95. The molecule has 0 radical (unpaired) electrons. The summed E-state index contributed by atoms with van der Waals surface area (Å²) in [5, 5.41) is 4.10. The first-order valence-electron chi connectivity index (χ1n) is 8.50. The second-order valence-corrected chi connectivity index (χ2v) is 7.02. The molecule has 0 bridgehead atoms. The van der Waals surface area contributed by atoms with Gasteiger partial charge in [-0.2, -0.15) is 5.10 Å². The van der Waals surface area contributed by atoms with Gasteiger partial charge in [0.25, 0.3) is 5.91 Å². The van der Waals surface area contributed by atoms with Gasteiger partial charge in [-0.25, -0.2) is 5.43 Å². The molecule has 5 nitrogen and oxygen atoms in total. The fourth-order valence-corrected chi connectivity index (χ4v) is 2.28. The molecule has 0 aliphatic heterocycles. The Morgan fingerprint density at radius 3 is 2.12 bits per heavy atom. The number of nitrogens with one attached hydrogen (secondary N) is 1. The van der Waals surface area contributed by atoms with E-state index < -0.39 is 0 Å². The van der Waals surface area contributed by atoms with Crippen LogP contribution in [0.3, 0.4) is 0 Å². The number of rotatable bonds is 6. The van der Waals surface area contributed by atoms with Crippen LogP contribution < -0.4 is 14.9 Å². The number of carbonyl (C=O) groups excluding carboxylic acids is 1. The average Bonchev–Trinajstić information content (AvgIpc) is 2.64. The predicted molar refractivity (Wildman–Crippen MR) is 104 cm³/mol. The van der Waals surface area contributed by atoms with Crippen LogP contribution in [0.4, 0.5) is 0 Å². The Balaban J connectivity index is 1.86. The summed E-state index contributed by atoms with van der Waals surface area (Å²) >= 11 is 0. The van der Waals surface area contributed by atoms with Crippen LogP contribution in [0.2, 0.25) is 0 Å². The van der Waals surface area contributed by atoms with Crippen LogP contribution in [0.15, 0.2) is 53.6 Å². The van der Waals surface area contributed by atoms with E-state index in [1.54, 1.807) is 7.11 Å². The number of nitrogens with zero attached hydrogens (tertiary/aromatic N) is 1. The molecule has 0 saturated carbocycles. The molecule has 0 saturated heterocycles. The lowest BCUT2D eigenvalue weighted by molar-refractivity contribution is -0.123. The van der Waals surface area contributed by atoms with E-state index in [0.717, 1.165) is 11.3 Å². The summed E-state index contributed by atoms with van der Waals surface area (Å²) < 4.78 is 10.6. The first kappa shape index (κ1) is 19.5. The third-order valence-corrected chi connectivity index (χ3v) is 3.95. The van der Waals surface area contributed by atoms with Crippen molar-refractivity contribution in [3.05, 3.63) is 59.7 Å². The Hall–Kier alpha value is -2.82. The molecule has 0 unspecified atom stereocenters. The fourth-order valence-electron chi connectivity index (χ4n) is 2.28. The van der Waals surface area contributed by atoms with Crippen molar-refractivity contribution in [3.8, 4) is 11.5 Å². The minimum absolute atomic E-state index is 0.0869. The first-order chi connectivity index (χ1) is 12.3. The van der Waals surface area contributed by atoms with E-state index in [9.17, 15) is 4.79 Å². The molecule has 0 aliphatic carbocycles. The number of carbonyl (C=O) groups is 1. The zero-order chi connectivity index (χ0) is 19.2. The van der Waals surface area contributed by atoms with Gasteiger partial charge in [-0.3, -0.25) is 4.79 Å². The summed E-state index contributed by atoms with van der Waals surface area (Å²) in [7, 11) is 1.62. The van der Waals surface area contributed by atoms with Crippen molar-refractivity contribution in [3.63, 3.8) is 0 Å². The van der Waals surface area contributed by atoms with Gasteiger partial charge in [-0.1, -0.05) is 32.9 Å². The monoisotopic (exact) mass is 354 g/mol. The number of ether oxygens (including phenoxy) is 2. The van der Waals surface area contributed by atoms with E-state index >= 15 is 0 Å². The maximum absolute atomic E-state index is 11.9. The lowest BCUT2D eigenvalue weighted by Crippen LogP contribution is -2.25. The van der Waals surface area contributed by atoms with Crippen molar-refractivity contribution in [2.75, 3.05) is 13.7 Å². The fraction of sp³-hybridized carbons (Fsp3) is 0.333. The SMILES string of the molecule is COc1ccc(/C(C)=N/NC(=O)COc2ccc(C(C)(C)C)cc2)cc1. The van der Waals surface area contributed by atoms with Gasteiger partial charge in [-0.05, 0) is 59.9 Å². The predicted octanol–water partition coefficient (Wildman–Crippen LogP) is 3.91. The van der Waals surface area contributed by atoms with Crippen LogP contribution >= 0.6 is 0 Å². The molecule has 1 amide bonds. The van der Waals surface area contributed by atoms with Gasteiger partial charge in [-0.15, -0.1) is 0 Å². The van der Waals surface area contributed by atoms with Crippen molar-refractivity contribution in [2.45, 2.75) is 33.1 Å². The maximum atomic E-state index is 11.9. The lowest BCUT2D eigenvalue weighted by Gasteiger charge is -2.19. The minimum atomic E-state index is -0.308. The molecule has 1 N–H and O–H groups in total. The Morgan fingerprint density at radius 2 is 1.58 bits per heavy atom. The topological polar surface area (TPSA) is 59.9 Å². The molecular weight excluding hydrogens is 328 g/mol. The van der Waals surface area contributed by atoms with Crippen molar-refractivity contribution < 1.29 is 14.3 Å². The first-order valence-corrected chi connectivity index (χ1v) is 8.50. The summed E-state index contributed by atoms with van der Waals surface area (Å²) in [6.07, 6.45) is 0. The largest absolute Gasteiger partial charge is 0.497 e. The van der Waals surface area contributed by atoms with Gasteiger partial charge in [0.15, 0.2) is 6.61 Å². The van der Waals surface area contributed by atoms with Crippen LogP contribution in [0.1, 0.15) is 38.8 Å². The third kappa shape index (κ3) is 5.62. The van der Waals surface area contributed by atoms with Gasteiger partial charge >= 0.3 is 0 Å². The molecule has 26 heavy (non-hydrogen) atoms. The molecule has 2 aromatic rings. The second-order valence-electron chi connectivity index (χ2n) is 7.02. The summed E-state index contributed by atoms with van der Waals surface area (Å²) in [5.41, 5.74) is 5.42. The van der Waals surface area contributed by atoms with Crippen molar-refractivity contribution >= 4 is 11.6 Å². The summed E-state index contributed by atoms with van der Waals surface area (Å²) in [5.74, 6) is 1.12. The molecule has 0 atom stereocenters. The van der Waals surface area contributed by atoms with Crippen molar-refractivity contribution in [1.82, 2.24) is 5.43 Å². The van der Waals surface area contributed by atoms with Gasteiger partial charge in [0, 0.05) is 0 Å². The van der Waals surface area contributed by atoms with Crippen LogP contribution in [0, 0.1) is 0 Å². The Kier molecular flexibility index (Phi) is 6.39. The van der Waals surface area contributed by atoms with E-state index in [0.29, 0.717) is 11.5 Å². The average molecular weight is 354 g/mol. The number of hydrogen-bond donors (Lipinski definition) is 1. The highest BCUT2D eigenvalue weighted by Gasteiger charge is 2.13. The minimum Gasteiger partial charge on any atom is -0.497 e. The van der Waals surface area contributed by atoms with Crippen LogP contribution in [0.5, 0.6) is 11.5 Å². The molecule has 0 aromatic heterocycles. The number of benzene rings is 2. The Morgan fingerprint density at radius 1 is 1.00 bits per heavy atom. The van der Waals surface area contributed by atoms with E-state index in [1.807, 2.05) is 55.5 Å². The summed E-state index contributed by atoms with van der Waals surface area (Å²) in [4.78, 5) is 11.9. The van der Waals surface area contributed by atoms with Gasteiger partial charge in [0.2, 0.25) is 0 Å². The Labute approximate surface area is 155 Å². The molecule has 0 spiro atoms. The molecule has 5 heteroatoms. The lowest BCUT2D eigenvalue weighted by atomic mass is 9.87. The Bertz CT molecular complexity index is 757. The summed E-state index contributed by atoms with van der Waals surface area (Å²) in [6, 6.07) is 15.2. The molecule has 0 heterocycles. The number of hydrogen-bond acceptors (Lipinski definition) is 4. The quantitative estimate of drug-likeness (QED) is 0.632. The molecule has 138 valence electrons. The van der Waals surface area contributed by atoms with Gasteiger partial charge in [0.05, 0.1) is 12.8 Å². The normalized spacial score (nSPS) is 11.8. The summed E-state index contributed by atoms with van der Waals surface area (Å²) in [6.45, 7) is 8.20. The number of hydrazone groups is 1. The zero-order valence-corrected chi connectivity index (χ0v) is 16.0. The molecular formula is C21H26N2O3. The smallest absolute Gasteiger partial charge is 0.277 e. The maximum Gasteiger partial charge on any atom is 0.277 e. The van der Waals surface area contributed by atoms with Crippen molar-refractivity contribution in [1.29, 1.82) is 0 Å². The van der Waals surface area contributed by atoms with Crippen LogP contribution in [0.25, 0.3) is 0 Å². The number of methoxy groups -OCH3 is 1.